The van der Waals surface area contributed by atoms with Gasteiger partial charge in [-0.15, -0.1) is 0 Å². The Morgan fingerprint density at radius 3 is 2.81 bits per heavy atom. The second-order valence-electron chi connectivity index (χ2n) is 9.35. The van der Waals surface area contributed by atoms with Crippen LogP contribution in [-0.2, 0) is 15.9 Å². The van der Waals surface area contributed by atoms with Crippen LogP contribution in [0.5, 0.6) is 0 Å². The molecular formula is C23H36N4O4. The molecule has 31 heavy (non-hydrogen) atoms. The highest BCUT2D eigenvalue weighted by atomic mass is 16.6. The van der Waals surface area contributed by atoms with Crippen molar-refractivity contribution in [3.8, 4) is 0 Å². The molecular weight excluding hydrogens is 396 g/mol. The number of nitrogens with zero attached hydrogens (tertiary/aromatic N) is 2. The molecule has 8 heteroatoms. The first kappa shape index (κ1) is 22.0. The number of amides is 1. The maximum atomic E-state index is 12.0. The number of nitrogens with one attached hydrogen (secondary N) is 2. The van der Waals surface area contributed by atoms with E-state index in [-0.39, 0.29) is 17.6 Å². The van der Waals surface area contributed by atoms with Gasteiger partial charge >= 0.3 is 6.09 Å². The number of rotatable bonds is 6. The van der Waals surface area contributed by atoms with E-state index in [0.717, 1.165) is 44.0 Å². The fourth-order valence-corrected chi connectivity index (χ4v) is 5.24. The quantitative estimate of drug-likeness (QED) is 0.531. The van der Waals surface area contributed by atoms with Crippen LogP contribution in [0.25, 0.3) is 0 Å². The molecule has 1 amide bonds. The van der Waals surface area contributed by atoms with Crippen molar-refractivity contribution in [2.75, 3.05) is 32.8 Å². The number of fused-ring (bicyclic) bond motifs is 1. The van der Waals surface area contributed by atoms with E-state index in [2.05, 4.69) is 24.5 Å². The van der Waals surface area contributed by atoms with E-state index < -0.39 is 0 Å². The summed E-state index contributed by atoms with van der Waals surface area (Å²) >= 11 is 0. The molecule has 1 aromatic heterocycles. The van der Waals surface area contributed by atoms with Crippen LogP contribution >= 0.6 is 0 Å². The molecule has 0 aromatic carbocycles. The lowest BCUT2D eigenvalue weighted by Crippen LogP contribution is -2.68. The summed E-state index contributed by atoms with van der Waals surface area (Å²) in [5, 5.41) is 7.35. The van der Waals surface area contributed by atoms with E-state index >= 15 is 0 Å². The monoisotopic (exact) mass is 432 g/mol. The molecule has 3 fully saturated rings. The third-order valence-electron chi connectivity index (χ3n) is 6.96. The largest absolute Gasteiger partial charge is 0.469 e. The third-order valence-corrected chi connectivity index (χ3v) is 6.96. The Kier molecular flexibility index (Phi) is 6.74. The van der Waals surface area contributed by atoms with Crippen molar-refractivity contribution >= 4 is 12.1 Å². The van der Waals surface area contributed by atoms with E-state index in [1.807, 2.05) is 19.1 Å². The van der Waals surface area contributed by atoms with Crippen molar-refractivity contribution in [3.05, 3.63) is 24.2 Å². The number of carbonyl (C=O) groups excluding carboxylic acids is 1. The van der Waals surface area contributed by atoms with Crippen LogP contribution in [-0.4, -0.2) is 68.0 Å². The van der Waals surface area contributed by atoms with Crippen LogP contribution in [0.1, 0.15) is 45.8 Å². The van der Waals surface area contributed by atoms with Gasteiger partial charge in [-0.1, -0.05) is 13.8 Å². The first-order valence-corrected chi connectivity index (χ1v) is 11.6. The zero-order chi connectivity index (χ0) is 21.8. The Morgan fingerprint density at radius 2 is 2.10 bits per heavy atom. The molecule has 0 radical (unpaired) electrons. The van der Waals surface area contributed by atoms with Crippen molar-refractivity contribution in [1.29, 1.82) is 0 Å². The van der Waals surface area contributed by atoms with Crippen LogP contribution in [0, 0.1) is 11.3 Å². The van der Waals surface area contributed by atoms with Crippen LogP contribution in [0.3, 0.4) is 0 Å². The third kappa shape index (κ3) is 4.84. The van der Waals surface area contributed by atoms with E-state index in [9.17, 15) is 4.79 Å². The Morgan fingerprint density at radius 1 is 1.29 bits per heavy atom. The van der Waals surface area contributed by atoms with Crippen molar-refractivity contribution in [2.24, 2.45) is 16.3 Å². The first-order valence-electron chi connectivity index (χ1n) is 11.6. The Balaban J connectivity index is 1.36. The Labute approximate surface area is 184 Å². The van der Waals surface area contributed by atoms with Gasteiger partial charge in [-0.05, 0) is 38.3 Å². The van der Waals surface area contributed by atoms with Gasteiger partial charge in [0.25, 0.3) is 0 Å². The van der Waals surface area contributed by atoms with Gasteiger partial charge in [-0.3, -0.25) is 4.99 Å². The number of hydrogen-bond donors (Lipinski definition) is 2. The zero-order valence-corrected chi connectivity index (χ0v) is 18.9. The van der Waals surface area contributed by atoms with E-state index in [1.54, 1.807) is 11.2 Å². The number of aliphatic imine (C=N–C) groups is 1. The molecule has 172 valence electrons. The summed E-state index contributed by atoms with van der Waals surface area (Å²) in [5.74, 6) is 2.33. The van der Waals surface area contributed by atoms with Crippen LogP contribution in [0.4, 0.5) is 4.79 Å². The average molecular weight is 433 g/mol. The van der Waals surface area contributed by atoms with Crippen molar-refractivity contribution in [1.82, 2.24) is 15.5 Å². The predicted molar refractivity (Wildman–Crippen MR) is 118 cm³/mol. The van der Waals surface area contributed by atoms with Gasteiger partial charge in [0.2, 0.25) is 0 Å². The smallest absolute Gasteiger partial charge is 0.409 e. The molecule has 8 nitrogen and oxygen atoms in total. The van der Waals surface area contributed by atoms with Gasteiger partial charge < -0.3 is 29.4 Å². The van der Waals surface area contributed by atoms with Crippen molar-refractivity contribution in [3.63, 3.8) is 0 Å². The van der Waals surface area contributed by atoms with E-state index in [1.165, 1.54) is 0 Å². The molecule has 1 aliphatic carbocycles. The molecule has 3 heterocycles. The summed E-state index contributed by atoms with van der Waals surface area (Å²) in [6.45, 7) is 9.70. The second-order valence-corrected chi connectivity index (χ2v) is 9.35. The SMILES string of the molecule is CCOC(=O)N1CCC(NC(=NCCc2ccco2)NC2C3CCOC3C2(C)C)CC1. The van der Waals surface area contributed by atoms with E-state index in [4.69, 9.17) is 18.9 Å². The molecule has 2 N–H and O–H groups in total. The first-order chi connectivity index (χ1) is 15.0. The van der Waals surface area contributed by atoms with Crippen LogP contribution in [0.15, 0.2) is 27.8 Å². The Hall–Kier alpha value is -2.22. The molecule has 3 atom stereocenters. The topological polar surface area (TPSA) is 88.3 Å². The van der Waals surface area contributed by atoms with Crippen LogP contribution < -0.4 is 10.6 Å². The Bertz CT molecular complexity index is 756. The van der Waals surface area contributed by atoms with Gasteiger partial charge in [0.1, 0.15) is 5.76 Å². The second kappa shape index (κ2) is 9.51. The normalized spacial score (nSPS) is 28.0. The van der Waals surface area contributed by atoms with Gasteiger partial charge in [-0.2, -0.15) is 0 Å². The minimum Gasteiger partial charge on any atom is -0.469 e. The molecule has 4 rings (SSSR count). The number of carbonyl (C=O) groups is 1. The minimum atomic E-state index is -0.213. The summed E-state index contributed by atoms with van der Waals surface area (Å²) in [7, 11) is 0. The van der Waals surface area contributed by atoms with Crippen molar-refractivity contribution in [2.45, 2.75) is 64.6 Å². The fraction of sp³-hybridized carbons (Fsp3) is 0.739. The van der Waals surface area contributed by atoms with Crippen LogP contribution in [0.2, 0.25) is 0 Å². The number of furan rings is 1. The molecule has 2 aliphatic heterocycles. The summed E-state index contributed by atoms with van der Waals surface area (Å²) in [4.78, 5) is 18.6. The lowest BCUT2D eigenvalue weighted by atomic mass is 9.57. The molecule has 3 aliphatic rings. The lowest BCUT2D eigenvalue weighted by molar-refractivity contribution is -0.106. The molecule has 0 bridgehead atoms. The summed E-state index contributed by atoms with van der Waals surface area (Å²) in [6.07, 6.45) is 5.44. The average Bonchev–Trinajstić information content (AvgIpc) is 3.43. The standard InChI is InChI=1S/C23H36N4O4/c1-4-29-22(28)27-12-8-16(9-13-27)25-21(24-11-7-17-6-5-14-30-17)26-19-18-10-15-31-20(18)23(19,2)3/h5-6,14,16,18-20H,4,7-13,15H2,1-3H3,(H2,24,25,26). The molecule has 0 spiro atoms. The van der Waals surface area contributed by atoms with Gasteiger partial charge in [0.15, 0.2) is 5.96 Å². The number of ether oxygens (including phenoxy) is 2. The maximum Gasteiger partial charge on any atom is 0.409 e. The lowest BCUT2D eigenvalue weighted by Gasteiger charge is -2.55. The number of piperidine rings is 1. The van der Waals surface area contributed by atoms with Gasteiger partial charge in [0.05, 0.1) is 19.0 Å². The summed E-state index contributed by atoms with van der Waals surface area (Å²) in [6, 6.07) is 4.51. The molecule has 1 aromatic rings. The highest BCUT2D eigenvalue weighted by Crippen LogP contribution is 2.52. The van der Waals surface area contributed by atoms with Crippen molar-refractivity contribution < 1.29 is 18.7 Å². The minimum absolute atomic E-state index is 0.0813. The molecule has 2 saturated heterocycles. The molecule has 1 saturated carbocycles. The predicted octanol–water partition coefficient (Wildman–Crippen LogP) is 2.79. The zero-order valence-electron chi connectivity index (χ0n) is 18.9. The number of guanidine groups is 1. The fourth-order valence-electron chi connectivity index (χ4n) is 5.24. The number of likely N-dealkylation sites (tertiary alicyclic amines) is 1. The molecule has 3 unspecified atom stereocenters. The number of hydrogen-bond acceptors (Lipinski definition) is 5. The summed E-state index contributed by atoms with van der Waals surface area (Å²) < 4.78 is 16.5. The highest BCUT2D eigenvalue weighted by molar-refractivity contribution is 5.81. The van der Waals surface area contributed by atoms with E-state index in [0.29, 0.717) is 44.3 Å². The maximum absolute atomic E-state index is 12.0. The highest BCUT2D eigenvalue weighted by Gasteiger charge is 2.59. The summed E-state index contributed by atoms with van der Waals surface area (Å²) in [5.41, 5.74) is 0.0813. The van der Waals surface area contributed by atoms with Gasteiger partial charge in [-0.25, -0.2) is 4.79 Å². The van der Waals surface area contributed by atoms with Gasteiger partial charge in [0, 0.05) is 56.1 Å².